The van der Waals surface area contributed by atoms with E-state index in [0.29, 0.717) is 0 Å². The molecule has 0 heterocycles. The largest absolute Gasteiger partial charge is 0.196 e. The third kappa shape index (κ3) is 2.59. The van der Waals surface area contributed by atoms with Gasteiger partial charge in [-0.25, -0.2) is 0 Å². The van der Waals surface area contributed by atoms with E-state index in [9.17, 15) is 0 Å². The van der Waals surface area contributed by atoms with E-state index in [-0.39, 0.29) is 0 Å². The molecule has 0 radical (unpaired) electrons. The van der Waals surface area contributed by atoms with Gasteiger partial charge >= 0.3 is 0 Å². The smallest absolute Gasteiger partial charge is 0.158 e. The highest BCUT2D eigenvalue weighted by Gasteiger charge is 2.08. The van der Waals surface area contributed by atoms with Crippen LogP contribution in [0.2, 0.25) is 0 Å². The van der Waals surface area contributed by atoms with Crippen LogP contribution in [0.3, 0.4) is 0 Å². The molecule has 0 aliphatic heterocycles. The zero-order chi connectivity index (χ0) is 13.0. The highest BCUT2D eigenvalue weighted by Crippen LogP contribution is 2.24. The van der Waals surface area contributed by atoms with E-state index < -0.39 is 5.92 Å². The number of nitrogens with zero attached hydrogens (tertiary/aromatic N) is 2. The average Bonchev–Trinajstić information content (AvgIpc) is 2.42. The minimum Gasteiger partial charge on any atom is -0.196 e. The predicted molar refractivity (Wildman–Crippen MR) is 73.5 cm³/mol. The molecule has 0 saturated heterocycles. The molecule has 18 heavy (non-hydrogen) atoms. The zero-order valence-electron chi connectivity index (χ0n) is 9.47. The SMILES string of the molecule is N#CC(C#N)c1ccc(-c2ccc(Br)cc2)cc1. The fraction of sp³-hybridized carbons (Fsp3) is 0.0667. The molecule has 2 aromatic carbocycles. The van der Waals surface area contributed by atoms with Gasteiger partial charge in [-0.15, -0.1) is 0 Å². The summed E-state index contributed by atoms with van der Waals surface area (Å²) in [6.07, 6.45) is 0. The number of hydrogen-bond acceptors (Lipinski definition) is 2. The predicted octanol–water partition coefficient (Wildman–Crippen LogP) is 4.25. The molecule has 0 aliphatic carbocycles. The minimum atomic E-state index is -0.691. The van der Waals surface area contributed by atoms with Gasteiger partial charge in [0.2, 0.25) is 0 Å². The molecule has 86 valence electrons. The van der Waals surface area contributed by atoms with Crippen LogP contribution in [0.25, 0.3) is 11.1 Å². The average molecular weight is 297 g/mol. The monoisotopic (exact) mass is 296 g/mol. The summed E-state index contributed by atoms with van der Waals surface area (Å²) in [7, 11) is 0. The lowest BCUT2D eigenvalue weighted by atomic mass is 9.98. The third-order valence-electron chi connectivity index (χ3n) is 2.68. The molecule has 0 unspecified atom stereocenters. The number of rotatable bonds is 2. The molecule has 3 heteroatoms. The topological polar surface area (TPSA) is 47.6 Å². The number of halogens is 1. The van der Waals surface area contributed by atoms with E-state index in [2.05, 4.69) is 15.9 Å². The fourth-order valence-electron chi connectivity index (χ4n) is 1.69. The molecule has 0 aromatic heterocycles. The summed E-state index contributed by atoms with van der Waals surface area (Å²) < 4.78 is 1.04. The Morgan fingerprint density at radius 2 is 1.22 bits per heavy atom. The van der Waals surface area contributed by atoms with Gasteiger partial charge in [-0.3, -0.25) is 0 Å². The van der Waals surface area contributed by atoms with Crippen molar-refractivity contribution in [1.29, 1.82) is 10.5 Å². The zero-order valence-corrected chi connectivity index (χ0v) is 11.1. The van der Waals surface area contributed by atoms with Crippen molar-refractivity contribution in [2.75, 3.05) is 0 Å². The van der Waals surface area contributed by atoms with Gasteiger partial charge < -0.3 is 0 Å². The third-order valence-corrected chi connectivity index (χ3v) is 3.21. The van der Waals surface area contributed by atoms with Crippen LogP contribution in [0.4, 0.5) is 0 Å². The Bertz CT molecular complexity index is 602. The van der Waals surface area contributed by atoms with E-state index in [4.69, 9.17) is 10.5 Å². The van der Waals surface area contributed by atoms with Crippen molar-refractivity contribution in [2.24, 2.45) is 0 Å². The Morgan fingerprint density at radius 1 is 0.778 bits per heavy atom. The Kier molecular flexibility index (Phi) is 3.77. The van der Waals surface area contributed by atoms with Crippen molar-refractivity contribution < 1.29 is 0 Å². The Balaban J connectivity index is 2.31. The van der Waals surface area contributed by atoms with Gasteiger partial charge in [-0.1, -0.05) is 52.3 Å². The first-order chi connectivity index (χ1) is 8.74. The lowest BCUT2D eigenvalue weighted by molar-refractivity contribution is 1.10. The van der Waals surface area contributed by atoms with Gasteiger partial charge in [0, 0.05) is 4.47 Å². The van der Waals surface area contributed by atoms with Gasteiger partial charge in [-0.05, 0) is 28.8 Å². The Hall–Kier alpha value is -2.10. The molecular formula is C15H9BrN2. The first kappa shape index (κ1) is 12.4. The highest BCUT2D eigenvalue weighted by molar-refractivity contribution is 9.10. The maximum atomic E-state index is 8.82. The van der Waals surface area contributed by atoms with Crippen LogP contribution in [0.5, 0.6) is 0 Å². The van der Waals surface area contributed by atoms with Crippen LogP contribution >= 0.6 is 15.9 Å². The summed E-state index contributed by atoms with van der Waals surface area (Å²) in [6, 6.07) is 19.5. The summed E-state index contributed by atoms with van der Waals surface area (Å²) >= 11 is 3.40. The normalized spacial score (nSPS) is 9.78. The minimum absolute atomic E-state index is 0.691. The van der Waals surface area contributed by atoms with Crippen LogP contribution < -0.4 is 0 Å². The molecular weight excluding hydrogens is 288 g/mol. The number of hydrogen-bond donors (Lipinski definition) is 0. The quantitative estimate of drug-likeness (QED) is 0.832. The lowest BCUT2D eigenvalue weighted by Gasteiger charge is -2.04. The van der Waals surface area contributed by atoms with Gasteiger partial charge in [0.15, 0.2) is 5.92 Å². The van der Waals surface area contributed by atoms with Gasteiger partial charge in [0.25, 0.3) is 0 Å². The maximum absolute atomic E-state index is 8.82. The lowest BCUT2D eigenvalue weighted by Crippen LogP contribution is -1.91. The van der Waals surface area contributed by atoms with Gasteiger partial charge in [0.1, 0.15) is 0 Å². The summed E-state index contributed by atoms with van der Waals surface area (Å²) in [4.78, 5) is 0. The van der Waals surface area contributed by atoms with Crippen molar-refractivity contribution in [3.05, 3.63) is 58.6 Å². The van der Waals surface area contributed by atoms with E-state index >= 15 is 0 Å². The summed E-state index contributed by atoms with van der Waals surface area (Å²) in [6.45, 7) is 0. The van der Waals surface area contributed by atoms with Crippen molar-refractivity contribution >= 4 is 15.9 Å². The summed E-state index contributed by atoms with van der Waals surface area (Å²) in [5.41, 5.74) is 2.91. The Morgan fingerprint density at radius 3 is 1.67 bits per heavy atom. The van der Waals surface area contributed by atoms with Crippen LogP contribution in [0.15, 0.2) is 53.0 Å². The van der Waals surface area contributed by atoms with E-state index in [1.807, 2.05) is 60.7 Å². The molecule has 0 fully saturated rings. The van der Waals surface area contributed by atoms with Crippen molar-refractivity contribution in [1.82, 2.24) is 0 Å². The molecule has 0 saturated carbocycles. The number of nitriles is 2. The fourth-order valence-corrected chi connectivity index (χ4v) is 1.95. The second-order valence-corrected chi connectivity index (χ2v) is 4.74. The molecule has 2 aromatic rings. The Labute approximate surface area is 114 Å². The molecule has 0 bridgehead atoms. The maximum Gasteiger partial charge on any atom is 0.158 e. The van der Waals surface area contributed by atoms with Crippen LogP contribution in [-0.4, -0.2) is 0 Å². The standard InChI is InChI=1S/C15H9BrN2/c16-15-7-5-12(6-8-15)11-1-3-13(4-2-11)14(9-17)10-18/h1-8,14H. The first-order valence-electron chi connectivity index (χ1n) is 5.39. The van der Waals surface area contributed by atoms with Crippen LogP contribution in [-0.2, 0) is 0 Å². The molecule has 0 aliphatic rings. The summed E-state index contributed by atoms with van der Waals surface area (Å²) in [5.74, 6) is -0.691. The molecule has 0 atom stereocenters. The number of benzene rings is 2. The van der Waals surface area contributed by atoms with Gasteiger partial charge in [-0.2, -0.15) is 10.5 Å². The van der Waals surface area contributed by atoms with Crippen LogP contribution in [0.1, 0.15) is 11.5 Å². The first-order valence-corrected chi connectivity index (χ1v) is 6.19. The summed E-state index contributed by atoms with van der Waals surface area (Å²) in [5, 5.41) is 17.6. The van der Waals surface area contributed by atoms with E-state index in [1.54, 1.807) is 0 Å². The molecule has 0 N–H and O–H groups in total. The van der Waals surface area contributed by atoms with E-state index in [0.717, 1.165) is 21.2 Å². The van der Waals surface area contributed by atoms with Crippen molar-refractivity contribution in [3.63, 3.8) is 0 Å². The van der Waals surface area contributed by atoms with Crippen molar-refractivity contribution in [3.8, 4) is 23.3 Å². The van der Waals surface area contributed by atoms with Gasteiger partial charge in [0.05, 0.1) is 12.1 Å². The van der Waals surface area contributed by atoms with Crippen LogP contribution in [0, 0.1) is 22.7 Å². The van der Waals surface area contributed by atoms with Crippen molar-refractivity contribution in [2.45, 2.75) is 5.92 Å². The molecule has 0 spiro atoms. The second-order valence-electron chi connectivity index (χ2n) is 3.82. The van der Waals surface area contributed by atoms with E-state index in [1.165, 1.54) is 0 Å². The molecule has 2 rings (SSSR count). The molecule has 0 amide bonds. The second kappa shape index (κ2) is 5.49. The molecule has 2 nitrogen and oxygen atoms in total. The highest BCUT2D eigenvalue weighted by atomic mass is 79.9.